The van der Waals surface area contributed by atoms with Crippen LogP contribution in [0.2, 0.25) is 5.02 Å². The number of hydrogen-bond donors (Lipinski definition) is 2. The van der Waals surface area contributed by atoms with E-state index in [0.717, 1.165) is 16.9 Å². The summed E-state index contributed by atoms with van der Waals surface area (Å²) in [6.07, 6.45) is 0.613. The third-order valence-corrected chi connectivity index (χ3v) is 7.45. The molecule has 2 aromatic rings. The molecule has 1 aliphatic heterocycles. The SMILES string of the molecule is CN(c1c(Cl)ccc2c1NC(C(N)=S)C2)S(=O)(=O)c1cccs1. The summed E-state index contributed by atoms with van der Waals surface area (Å²) in [5.41, 5.74) is 7.73. The predicted molar refractivity (Wildman–Crippen MR) is 99.3 cm³/mol. The Balaban J connectivity index is 2.08. The highest BCUT2D eigenvalue weighted by molar-refractivity contribution is 7.94. The van der Waals surface area contributed by atoms with Gasteiger partial charge in [-0.05, 0) is 23.1 Å². The first-order valence-electron chi connectivity index (χ1n) is 6.72. The van der Waals surface area contributed by atoms with Gasteiger partial charge in [-0.25, -0.2) is 8.42 Å². The Bertz CT molecular complexity index is 866. The molecule has 0 saturated carbocycles. The smallest absolute Gasteiger partial charge is 0.273 e. The quantitative estimate of drug-likeness (QED) is 0.789. The number of hydrogen-bond acceptors (Lipinski definition) is 5. The third-order valence-electron chi connectivity index (χ3n) is 3.73. The van der Waals surface area contributed by atoms with Crippen molar-refractivity contribution in [2.24, 2.45) is 5.73 Å². The summed E-state index contributed by atoms with van der Waals surface area (Å²) >= 11 is 12.5. The van der Waals surface area contributed by atoms with E-state index in [1.165, 1.54) is 11.4 Å². The van der Waals surface area contributed by atoms with Crippen LogP contribution < -0.4 is 15.4 Å². The molecule has 1 aliphatic rings. The van der Waals surface area contributed by atoms with Gasteiger partial charge in [0.15, 0.2) is 0 Å². The number of fused-ring (bicyclic) bond motifs is 1. The van der Waals surface area contributed by atoms with E-state index >= 15 is 0 Å². The predicted octanol–water partition coefficient (Wildman–Crippen LogP) is 2.85. The summed E-state index contributed by atoms with van der Waals surface area (Å²) in [4.78, 5) is 0.340. The van der Waals surface area contributed by atoms with Crippen molar-refractivity contribution in [3.8, 4) is 0 Å². The maximum atomic E-state index is 12.8. The third kappa shape index (κ3) is 2.80. The largest absolute Gasteiger partial charge is 0.392 e. The zero-order valence-electron chi connectivity index (χ0n) is 12.1. The standard InChI is InChI=1S/C14H14ClN3O2S3/c1-18(23(19,20)11-3-2-6-22-11)13-9(15)5-4-8-7-10(14(16)21)17-12(8)13/h2-6,10,17H,7H2,1H3,(H2,16,21). The zero-order valence-corrected chi connectivity index (χ0v) is 15.3. The van der Waals surface area contributed by atoms with Gasteiger partial charge >= 0.3 is 0 Å². The number of anilines is 2. The van der Waals surface area contributed by atoms with Crippen molar-refractivity contribution in [1.82, 2.24) is 0 Å². The zero-order chi connectivity index (χ0) is 16.8. The van der Waals surface area contributed by atoms with Gasteiger partial charge in [-0.15, -0.1) is 11.3 Å². The van der Waals surface area contributed by atoms with Gasteiger partial charge in [0.25, 0.3) is 10.0 Å². The second kappa shape index (κ2) is 5.94. The van der Waals surface area contributed by atoms with Crippen LogP contribution in [-0.4, -0.2) is 26.5 Å². The van der Waals surface area contributed by atoms with E-state index in [4.69, 9.17) is 29.6 Å². The van der Waals surface area contributed by atoms with Crippen LogP contribution >= 0.6 is 35.2 Å². The first kappa shape index (κ1) is 16.5. The monoisotopic (exact) mass is 387 g/mol. The average Bonchev–Trinajstić information content (AvgIpc) is 3.15. The minimum atomic E-state index is -3.67. The van der Waals surface area contributed by atoms with Crippen LogP contribution in [0, 0.1) is 0 Å². The van der Waals surface area contributed by atoms with Crippen molar-refractivity contribution >= 4 is 61.5 Å². The van der Waals surface area contributed by atoms with E-state index in [1.807, 2.05) is 6.07 Å². The first-order chi connectivity index (χ1) is 10.8. The van der Waals surface area contributed by atoms with Crippen LogP contribution in [-0.2, 0) is 16.4 Å². The lowest BCUT2D eigenvalue weighted by Gasteiger charge is -2.23. The fourth-order valence-electron chi connectivity index (χ4n) is 2.53. The molecule has 3 rings (SSSR count). The molecule has 9 heteroatoms. The summed E-state index contributed by atoms with van der Waals surface area (Å²) in [5, 5.41) is 5.26. The number of benzene rings is 1. The Kier molecular flexibility index (Phi) is 4.26. The summed E-state index contributed by atoms with van der Waals surface area (Å²) in [5.74, 6) is 0. The molecule has 2 heterocycles. The van der Waals surface area contributed by atoms with Crippen LogP contribution in [0.1, 0.15) is 5.56 Å². The van der Waals surface area contributed by atoms with Gasteiger partial charge in [0.1, 0.15) is 4.21 Å². The highest BCUT2D eigenvalue weighted by atomic mass is 35.5. The lowest BCUT2D eigenvalue weighted by atomic mass is 10.1. The van der Waals surface area contributed by atoms with Crippen LogP contribution in [0.3, 0.4) is 0 Å². The van der Waals surface area contributed by atoms with E-state index in [1.54, 1.807) is 23.6 Å². The number of halogens is 1. The maximum absolute atomic E-state index is 12.8. The summed E-state index contributed by atoms with van der Waals surface area (Å²) in [6, 6.07) is 6.62. The number of sulfonamides is 1. The summed E-state index contributed by atoms with van der Waals surface area (Å²) in [6.45, 7) is 0. The topological polar surface area (TPSA) is 75.4 Å². The molecule has 0 aliphatic carbocycles. The van der Waals surface area contributed by atoms with Gasteiger partial charge in [-0.1, -0.05) is 36.0 Å². The fourth-order valence-corrected chi connectivity index (χ4v) is 5.39. The van der Waals surface area contributed by atoms with Gasteiger partial charge < -0.3 is 11.1 Å². The van der Waals surface area contributed by atoms with Crippen molar-refractivity contribution in [3.05, 3.63) is 40.2 Å². The molecular weight excluding hydrogens is 374 g/mol. The molecule has 1 aromatic carbocycles. The lowest BCUT2D eigenvalue weighted by molar-refractivity contribution is 0.596. The van der Waals surface area contributed by atoms with E-state index in [-0.39, 0.29) is 10.3 Å². The van der Waals surface area contributed by atoms with Gasteiger partial charge in [-0.3, -0.25) is 4.31 Å². The summed E-state index contributed by atoms with van der Waals surface area (Å²) in [7, 11) is -2.17. The van der Waals surface area contributed by atoms with E-state index in [0.29, 0.717) is 27.8 Å². The van der Waals surface area contributed by atoms with Crippen molar-refractivity contribution in [2.45, 2.75) is 16.7 Å². The van der Waals surface area contributed by atoms with Crippen LogP contribution in [0.4, 0.5) is 11.4 Å². The molecule has 23 heavy (non-hydrogen) atoms. The Hall–Kier alpha value is -1.35. The second-order valence-electron chi connectivity index (χ2n) is 5.14. The van der Waals surface area contributed by atoms with Gasteiger partial charge in [0.05, 0.1) is 27.4 Å². The lowest BCUT2D eigenvalue weighted by Crippen LogP contribution is -2.32. The highest BCUT2D eigenvalue weighted by Gasteiger charge is 2.32. The Labute approximate surface area is 149 Å². The number of nitrogens with zero attached hydrogens (tertiary/aromatic N) is 1. The molecule has 0 fully saturated rings. The number of thiophene rings is 1. The molecule has 1 atom stereocenters. The van der Waals surface area contributed by atoms with Crippen molar-refractivity contribution in [3.63, 3.8) is 0 Å². The number of rotatable bonds is 4. The average molecular weight is 388 g/mol. The van der Waals surface area contributed by atoms with Crippen molar-refractivity contribution in [2.75, 3.05) is 16.7 Å². The van der Waals surface area contributed by atoms with E-state index in [2.05, 4.69) is 5.32 Å². The maximum Gasteiger partial charge on any atom is 0.273 e. The van der Waals surface area contributed by atoms with Crippen LogP contribution in [0.5, 0.6) is 0 Å². The molecule has 0 radical (unpaired) electrons. The number of thiocarbonyl (C=S) groups is 1. The molecular formula is C14H14ClN3O2S3. The molecule has 0 saturated heterocycles. The molecule has 0 spiro atoms. The van der Waals surface area contributed by atoms with Gasteiger partial charge in [0, 0.05) is 13.5 Å². The molecule has 0 amide bonds. The normalized spacial score (nSPS) is 16.7. The molecule has 5 nitrogen and oxygen atoms in total. The highest BCUT2D eigenvalue weighted by Crippen LogP contribution is 2.42. The minimum absolute atomic E-state index is 0.199. The minimum Gasteiger partial charge on any atom is -0.392 e. The Morgan fingerprint density at radius 3 is 2.83 bits per heavy atom. The van der Waals surface area contributed by atoms with E-state index in [9.17, 15) is 8.42 Å². The van der Waals surface area contributed by atoms with Crippen LogP contribution in [0.15, 0.2) is 33.9 Å². The Morgan fingerprint density at radius 1 is 1.48 bits per heavy atom. The van der Waals surface area contributed by atoms with Crippen molar-refractivity contribution < 1.29 is 8.42 Å². The molecule has 1 unspecified atom stereocenters. The number of nitrogens with one attached hydrogen (secondary N) is 1. The van der Waals surface area contributed by atoms with Crippen molar-refractivity contribution in [1.29, 1.82) is 0 Å². The molecule has 3 N–H and O–H groups in total. The molecule has 1 aromatic heterocycles. The summed E-state index contributed by atoms with van der Waals surface area (Å²) < 4.78 is 27.0. The second-order valence-corrected chi connectivity index (χ2v) is 9.16. The van der Waals surface area contributed by atoms with E-state index < -0.39 is 10.0 Å². The molecule has 0 bridgehead atoms. The van der Waals surface area contributed by atoms with Gasteiger partial charge in [0.2, 0.25) is 0 Å². The fraction of sp³-hybridized carbons (Fsp3) is 0.214. The first-order valence-corrected chi connectivity index (χ1v) is 9.82. The van der Waals surface area contributed by atoms with Crippen LogP contribution in [0.25, 0.3) is 0 Å². The Morgan fingerprint density at radius 2 is 2.22 bits per heavy atom. The molecule has 122 valence electrons. The van der Waals surface area contributed by atoms with Gasteiger partial charge in [-0.2, -0.15) is 0 Å². The number of nitrogens with two attached hydrogens (primary N) is 1.